The number of nitrogens with one attached hydrogen (secondary N) is 1. The number of piperidine rings is 1. The zero-order valence-corrected chi connectivity index (χ0v) is 17.0. The number of hydrogen-bond donors (Lipinski definition) is 2. The molecule has 1 aromatic heterocycles. The number of rotatable bonds is 6. The Balaban J connectivity index is 1.49. The molecule has 0 atom stereocenters. The predicted molar refractivity (Wildman–Crippen MR) is 108 cm³/mol. The second-order valence-electron chi connectivity index (χ2n) is 6.66. The Morgan fingerprint density at radius 3 is 2.70 bits per heavy atom. The molecule has 3 rings (SSSR count). The van der Waals surface area contributed by atoms with Gasteiger partial charge in [0.1, 0.15) is 0 Å². The first-order valence-electron chi connectivity index (χ1n) is 8.80. The fraction of sp³-hybridized carbons (Fsp3) is 0.444. The van der Waals surface area contributed by atoms with Crippen molar-refractivity contribution in [3.8, 4) is 0 Å². The van der Waals surface area contributed by atoms with E-state index in [9.17, 15) is 9.59 Å². The summed E-state index contributed by atoms with van der Waals surface area (Å²) in [5.74, 6) is -0.000644. The van der Waals surface area contributed by atoms with Crippen molar-refractivity contribution in [2.24, 2.45) is 11.7 Å². The highest BCUT2D eigenvalue weighted by molar-refractivity contribution is 8.01. The maximum Gasteiger partial charge on any atom is 0.233 e. The van der Waals surface area contributed by atoms with Crippen molar-refractivity contribution in [2.75, 3.05) is 24.2 Å². The molecule has 0 unspecified atom stereocenters. The van der Waals surface area contributed by atoms with Gasteiger partial charge in [-0.25, -0.2) is 0 Å². The third kappa shape index (κ3) is 5.20. The maximum atomic E-state index is 12.4. The molecule has 144 valence electrons. The number of thioether (sulfide) groups is 1. The van der Waals surface area contributed by atoms with Crippen LogP contribution >= 0.6 is 23.1 Å². The van der Waals surface area contributed by atoms with Crippen molar-refractivity contribution >= 4 is 45.7 Å². The number of nitrogens with zero attached hydrogens (tertiary/aromatic N) is 3. The Hall–Kier alpha value is -2.13. The molecule has 9 heteroatoms. The van der Waals surface area contributed by atoms with Crippen LogP contribution in [0, 0.1) is 19.8 Å². The molecule has 0 radical (unpaired) electrons. The monoisotopic (exact) mass is 405 g/mol. The van der Waals surface area contributed by atoms with E-state index in [0.717, 1.165) is 15.6 Å². The number of likely N-dealkylation sites (tertiary alicyclic amines) is 1. The molecule has 0 aliphatic carbocycles. The van der Waals surface area contributed by atoms with E-state index < -0.39 is 0 Å². The van der Waals surface area contributed by atoms with Crippen LogP contribution in [0.3, 0.4) is 0 Å². The van der Waals surface area contributed by atoms with Crippen molar-refractivity contribution in [3.05, 3.63) is 29.3 Å². The number of benzene rings is 1. The van der Waals surface area contributed by atoms with Gasteiger partial charge in [0.05, 0.1) is 5.75 Å². The number of aryl methyl sites for hydroxylation is 2. The van der Waals surface area contributed by atoms with Crippen molar-refractivity contribution in [2.45, 2.75) is 31.0 Å². The van der Waals surface area contributed by atoms with E-state index in [1.807, 2.05) is 19.1 Å². The molecule has 3 N–H and O–H groups in total. The Labute approximate surface area is 166 Å². The quantitative estimate of drug-likeness (QED) is 0.717. The summed E-state index contributed by atoms with van der Waals surface area (Å²) < 4.78 is 0.752. The van der Waals surface area contributed by atoms with Crippen LogP contribution in [0.2, 0.25) is 0 Å². The van der Waals surface area contributed by atoms with Gasteiger partial charge in [-0.05, 0) is 38.3 Å². The van der Waals surface area contributed by atoms with E-state index in [-0.39, 0.29) is 17.7 Å². The fourth-order valence-corrected chi connectivity index (χ4v) is 4.68. The topological polar surface area (TPSA) is 101 Å². The number of anilines is 2. The van der Waals surface area contributed by atoms with Gasteiger partial charge in [-0.1, -0.05) is 40.8 Å². The maximum absolute atomic E-state index is 12.4. The van der Waals surface area contributed by atoms with Crippen molar-refractivity contribution < 1.29 is 9.59 Å². The SMILES string of the molecule is Cc1ccc(Nc2nnc(SCC(=O)N3CCC(C(N)=O)CC3)s2)c(C)c1. The first kappa shape index (κ1) is 19.6. The molecular weight excluding hydrogens is 382 g/mol. The first-order chi connectivity index (χ1) is 12.9. The summed E-state index contributed by atoms with van der Waals surface area (Å²) in [6, 6.07) is 6.18. The lowest BCUT2D eigenvalue weighted by atomic mass is 9.96. The van der Waals surface area contributed by atoms with E-state index in [4.69, 9.17) is 5.73 Å². The lowest BCUT2D eigenvalue weighted by molar-refractivity contribution is -0.132. The molecule has 0 spiro atoms. The molecule has 27 heavy (non-hydrogen) atoms. The lowest BCUT2D eigenvalue weighted by Gasteiger charge is -2.30. The fourth-order valence-electron chi connectivity index (χ4n) is 3.02. The van der Waals surface area contributed by atoms with Crippen LogP contribution in [0.15, 0.2) is 22.5 Å². The number of nitrogens with two attached hydrogens (primary N) is 1. The Kier molecular flexibility index (Phi) is 6.33. The molecular formula is C18H23N5O2S2. The first-order valence-corrected chi connectivity index (χ1v) is 10.6. The van der Waals surface area contributed by atoms with Gasteiger partial charge in [0.15, 0.2) is 4.34 Å². The van der Waals surface area contributed by atoms with Gasteiger partial charge in [0, 0.05) is 24.7 Å². The number of hydrogen-bond acceptors (Lipinski definition) is 7. The minimum Gasteiger partial charge on any atom is -0.369 e. The molecule has 1 fully saturated rings. The lowest BCUT2D eigenvalue weighted by Crippen LogP contribution is -2.42. The predicted octanol–water partition coefficient (Wildman–Crippen LogP) is 2.71. The van der Waals surface area contributed by atoms with Crippen molar-refractivity contribution in [1.29, 1.82) is 0 Å². The molecule has 2 aromatic rings. The number of carbonyl (C=O) groups is 2. The molecule has 1 aliphatic rings. The molecule has 1 aliphatic heterocycles. The summed E-state index contributed by atoms with van der Waals surface area (Å²) in [5.41, 5.74) is 8.69. The van der Waals surface area contributed by atoms with Gasteiger partial charge in [-0.15, -0.1) is 10.2 Å². The third-order valence-corrected chi connectivity index (χ3v) is 6.56. The average Bonchev–Trinajstić information content (AvgIpc) is 3.09. The zero-order valence-electron chi connectivity index (χ0n) is 15.4. The summed E-state index contributed by atoms with van der Waals surface area (Å²) in [4.78, 5) is 25.4. The molecule has 1 saturated heterocycles. The minimum atomic E-state index is -0.269. The highest BCUT2D eigenvalue weighted by Gasteiger charge is 2.25. The molecule has 1 aromatic carbocycles. The summed E-state index contributed by atoms with van der Waals surface area (Å²) in [6.45, 7) is 5.28. The van der Waals surface area contributed by atoms with E-state index in [0.29, 0.717) is 36.8 Å². The standard InChI is InChI=1S/C18H23N5O2S2/c1-11-3-4-14(12(2)9-11)20-17-21-22-18(27-17)26-10-15(24)23-7-5-13(6-8-23)16(19)25/h3-4,9,13H,5-8,10H2,1-2H3,(H2,19,25)(H,20,21). The highest BCUT2D eigenvalue weighted by Crippen LogP contribution is 2.29. The van der Waals surface area contributed by atoms with Crippen LogP contribution in [0.1, 0.15) is 24.0 Å². The normalized spacial score (nSPS) is 15.0. The van der Waals surface area contributed by atoms with Crippen LogP contribution in [0.4, 0.5) is 10.8 Å². The summed E-state index contributed by atoms with van der Waals surface area (Å²) in [6.07, 6.45) is 1.29. The third-order valence-electron chi connectivity index (χ3n) is 4.60. The largest absolute Gasteiger partial charge is 0.369 e. The molecule has 7 nitrogen and oxygen atoms in total. The minimum absolute atomic E-state index is 0.0574. The second-order valence-corrected chi connectivity index (χ2v) is 8.86. The summed E-state index contributed by atoms with van der Waals surface area (Å²) in [5, 5.41) is 12.3. The van der Waals surface area contributed by atoms with Gasteiger partial charge in [-0.2, -0.15) is 0 Å². The van der Waals surface area contributed by atoms with Gasteiger partial charge < -0.3 is 16.0 Å². The summed E-state index contributed by atoms with van der Waals surface area (Å²) >= 11 is 2.82. The molecule has 0 bridgehead atoms. The smallest absolute Gasteiger partial charge is 0.233 e. The van der Waals surface area contributed by atoms with Crippen molar-refractivity contribution in [3.63, 3.8) is 0 Å². The Morgan fingerprint density at radius 1 is 1.30 bits per heavy atom. The van der Waals surface area contributed by atoms with E-state index in [1.54, 1.807) is 4.90 Å². The van der Waals surface area contributed by atoms with Crippen molar-refractivity contribution in [1.82, 2.24) is 15.1 Å². The van der Waals surface area contributed by atoms with E-state index in [1.165, 1.54) is 28.7 Å². The van der Waals surface area contributed by atoms with Crippen LogP contribution in [-0.2, 0) is 9.59 Å². The van der Waals surface area contributed by atoms with Gasteiger partial charge in [-0.3, -0.25) is 9.59 Å². The van der Waals surface area contributed by atoms with Gasteiger partial charge in [0.25, 0.3) is 0 Å². The molecule has 0 saturated carbocycles. The Morgan fingerprint density at radius 2 is 2.04 bits per heavy atom. The van der Waals surface area contributed by atoms with Gasteiger partial charge >= 0.3 is 0 Å². The number of primary amides is 1. The highest BCUT2D eigenvalue weighted by atomic mass is 32.2. The van der Waals surface area contributed by atoms with Crippen LogP contribution in [0.25, 0.3) is 0 Å². The Bertz CT molecular complexity index is 831. The average molecular weight is 406 g/mol. The summed E-state index contributed by atoms with van der Waals surface area (Å²) in [7, 11) is 0. The number of aromatic nitrogens is 2. The van der Waals surface area contributed by atoms with E-state index >= 15 is 0 Å². The molecule has 2 amide bonds. The molecule has 2 heterocycles. The van der Waals surface area contributed by atoms with Crippen LogP contribution < -0.4 is 11.1 Å². The van der Waals surface area contributed by atoms with Gasteiger partial charge in [0.2, 0.25) is 16.9 Å². The number of carbonyl (C=O) groups excluding carboxylic acids is 2. The van der Waals surface area contributed by atoms with Crippen LogP contribution in [-0.4, -0.2) is 45.8 Å². The number of amides is 2. The van der Waals surface area contributed by atoms with Crippen LogP contribution in [0.5, 0.6) is 0 Å². The van der Waals surface area contributed by atoms with E-state index in [2.05, 4.69) is 28.5 Å². The zero-order chi connectivity index (χ0) is 19.4. The second kappa shape index (κ2) is 8.71.